The van der Waals surface area contributed by atoms with Crippen LogP contribution in [0.5, 0.6) is 0 Å². The lowest BCUT2D eigenvalue weighted by molar-refractivity contribution is -0.173. The Balaban J connectivity index is 2.23. The van der Waals surface area contributed by atoms with Crippen LogP contribution in [0.3, 0.4) is 0 Å². The fourth-order valence-corrected chi connectivity index (χ4v) is 3.57. The van der Waals surface area contributed by atoms with Crippen LogP contribution in [0.25, 0.3) is 0 Å². The van der Waals surface area contributed by atoms with Crippen LogP contribution in [0.1, 0.15) is 6.92 Å². The Labute approximate surface area is 163 Å². The summed E-state index contributed by atoms with van der Waals surface area (Å²) in [4.78, 5) is 11.3. The molecule has 1 fully saturated rings. The Morgan fingerprint density at radius 2 is 1.67 bits per heavy atom. The van der Waals surface area contributed by atoms with Gasteiger partial charge in [-0.1, -0.05) is 0 Å². The van der Waals surface area contributed by atoms with Crippen molar-refractivity contribution in [2.24, 2.45) is 5.73 Å². The van der Waals surface area contributed by atoms with Gasteiger partial charge < -0.3 is 45.3 Å². The first-order valence-electron chi connectivity index (χ1n) is 8.95. The number of hydrogen-bond donors (Lipinski definition) is 5. The molecular weight excluding hydrogens is 380 g/mol. The molecule has 1 aliphatic rings. The van der Waals surface area contributed by atoms with E-state index in [4.69, 9.17) is 24.7 Å². The average molecular weight is 413 g/mol. The maximum atomic E-state index is 11.3. The number of hydrogen-bond acceptors (Lipinski definition) is 10. The molecule has 5 atom stereocenters. The van der Waals surface area contributed by atoms with Gasteiger partial charge in [0.2, 0.25) is 5.91 Å². The Morgan fingerprint density at radius 1 is 1.07 bits per heavy atom. The first-order valence-corrected chi connectivity index (χ1v) is 10.0. The summed E-state index contributed by atoms with van der Waals surface area (Å²) in [6.45, 7) is 4.18. The third-order valence-electron chi connectivity index (χ3n) is 3.77. The Morgan fingerprint density at radius 3 is 2.22 bits per heavy atom. The minimum atomic E-state index is -1.27. The van der Waals surface area contributed by atoms with Crippen LogP contribution in [0, 0.1) is 0 Å². The molecule has 0 aromatic rings. The molecule has 1 rings (SSSR count). The molecule has 1 amide bonds. The van der Waals surface area contributed by atoms with Crippen LogP contribution < -0.4 is 11.1 Å². The average Bonchev–Trinajstić information content (AvgIpc) is 2.64. The summed E-state index contributed by atoms with van der Waals surface area (Å²) in [6.07, 6.45) is -3.41. The summed E-state index contributed by atoms with van der Waals surface area (Å²) < 4.78 is 21.6. The van der Waals surface area contributed by atoms with E-state index >= 15 is 0 Å². The Kier molecular flexibility index (Phi) is 13.2. The number of amides is 1. The zero-order valence-electron chi connectivity index (χ0n) is 15.6. The highest BCUT2D eigenvalue weighted by Gasteiger charge is 2.44. The van der Waals surface area contributed by atoms with Crippen molar-refractivity contribution in [3.63, 3.8) is 0 Å². The van der Waals surface area contributed by atoms with E-state index in [2.05, 4.69) is 5.32 Å². The summed E-state index contributed by atoms with van der Waals surface area (Å²) in [5.74, 6) is 0.202. The van der Waals surface area contributed by atoms with Gasteiger partial charge in [0, 0.05) is 19.2 Å². The second-order valence-corrected chi connectivity index (χ2v) is 7.14. The van der Waals surface area contributed by atoms with Gasteiger partial charge in [0.15, 0.2) is 0 Å². The number of carbonyl (C=O) groups is 1. The van der Waals surface area contributed by atoms with Gasteiger partial charge >= 0.3 is 0 Å². The van der Waals surface area contributed by atoms with Crippen molar-refractivity contribution in [1.29, 1.82) is 0 Å². The molecule has 0 spiro atoms. The van der Waals surface area contributed by atoms with E-state index in [1.165, 1.54) is 18.7 Å². The second kappa shape index (κ2) is 14.5. The predicted octanol–water partition coefficient (Wildman–Crippen LogP) is -2.33. The van der Waals surface area contributed by atoms with Crippen molar-refractivity contribution in [3.05, 3.63) is 0 Å². The largest absolute Gasteiger partial charge is 0.394 e. The SMILES string of the molecule is CC(=O)NC1[C@@H](SCCOCCOCCOCCN)O[C@H](CO)[C@H](O)[C@@H]1O. The molecule has 1 unspecified atom stereocenters. The van der Waals surface area contributed by atoms with Gasteiger partial charge in [-0.15, -0.1) is 11.8 Å². The third kappa shape index (κ3) is 9.50. The van der Waals surface area contributed by atoms with E-state index < -0.39 is 36.4 Å². The van der Waals surface area contributed by atoms with Crippen LogP contribution in [-0.4, -0.2) is 110 Å². The first-order chi connectivity index (χ1) is 13.0. The topological polar surface area (TPSA) is 153 Å². The first kappa shape index (κ1) is 24.5. The van der Waals surface area contributed by atoms with E-state index in [0.29, 0.717) is 51.9 Å². The fourth-order valence-electron chi connectivity index (χ4n) is 2.46. The smallest absolute Gasteiger partial charge is 0.217 e. The molecule has 6 N–H and O–H groups in total. The van der Waals surface area contributed by atoms with Crippen LogP contribution in [0.15, 0.2) is 0 Å². The molecule has 27 heavy (non-hydrogen) atoms. The lowest BCUT2D eigenvalue weighted by Gasteiger charge is -2.42. The molecule has 0 radical (unpaired) electrons. The summed E-state index contributed by atoms with van der Waals surface area (Å²) in [7, 11) is 0. The number of nitrogens with one attached hydrogen (secondary N) is 1. The normalized spacial score (nSPS) is 28.3. The summed E-state index contributed by atoms with van der Waals surface area (Å²) in [5, 5.41) is 32.0. The van der Waals surface area contributed by atoms with Gasteiger partial charge in [-0.3, -0.25) is 4.79 Å². The Hall–Kier alpha value is -0.500. The molecular formula is C16H32N2O8S. The molecule has 0 aliphatic carbocycles. The lowest BCUT2D eigenvalue weighted by Crippen LogP contribution is -2.63. The molecule has 1 saturated heterocycles. The standard InChI is InChI=1S/C16H32N2O8S/c1-11(20)18-13-15(22)14(21)12(10-19)26-16(13)27-9-8-25-7-6-24-5-4-23-3-2-17/h12-16,19,21-22H,2-10,17H2,1H3,(H,18,20)/t12-,13?,14+,15-,16-/m1/s1. The number of carbonyl (C=O) groups excluding carboxylic acids is 1. The maximum absolute atomic E-state index is 11.3. The van der Waals surface area contributed by atoms with Crippen LogP contribution in [0.4, 0.5) is 0 Å². The highest BCUT2D eigenvalue weighted by Crippen LogP contribution is 2.28. The van der Waals surface area contributed by atoms with Crippen LogP contribution in [0.2, 0.25) is 0 Å². The third-order valence-corrected chi connectivity index (χ3v) is 4.90. The van der Waals surface area contributed by atoms with Crippen molar-refractivity contribution < 1.29 is 39.1 Å². The summed E-state index contributed by atoms with van der Waals surface area (Å²) in [5.41, 5.74) is 4.69. The zero-order valence-corrected chi connectivity index (χ0v) is 16.4. The number of rotatable bonds is 14. The van der Waals surface area contributed by atoms with E-state index in [9.17, 15) is 20.1 Å². The van der Waals surface area contributed by atoms with Gasteiger partial charge in [0.1, 0.15) is 23.7 Å². The molecule has 0 aromatic heterocycles. The van der Waals surface area contributed by atoms with Crippen molar-refractivity contribution in [2.75, 3.05) is 58.5 Å². The number of ether oxygens (including phenoxy) is 4. The lowest BCUT2D eigenvalue weighted by atomic mass is 9.98. The second-order valence-electron chi connectivity index (χ2n) is 5.93. The summed E-state index contributed by atoms with van der Waals surface area (Å²) in [6, 6.07) is -0.776. The van der Waals surface area contributed by atoms with Crippen molar-refractivity contribution in [2.45, 2.75) is 36.7 Å². The van der Waals surface area contributed by atoms with E-state index in [-0.39, 0.29) is 5.91 Å². The van der Waals surface area contributed by atoms with Gasteiger partial charge in [-0.05, 0) is 0 Å². The number of aliphatic hydroxyl groups is 3. The van der Waals surface area contributed by atoms with Crippen molar-refractivity contribution in [1.82, 2.24) is 5.32 Å². The molecule has 0 aromatic carbocycles. The number of thioether (sulfide) groups is 1. The highest BCUT2D eigenvalue weighted by atomic mass is 32.2. The zero-order chi connectivity index (χ0) is 20.1. The Bertz CT molecular complexity index is 407. The molecule has 0 bridgehead atoms. The van der Waals surface area contributed by atoms with Gasteiger partial charge in [0.05, 0.1) is 52.3 Å². The molecule has 1 aliphatic heterocycles. The predicted molar refractivity (Wildman–Crippen MR) is 99.3 cm³/mol. The van der Waals surface area contributed by atoms with Crippen molar-refractivity contribution in [3.8, 4) is 0 Å². The minimum Gasteiger partial charge on any atom is -0.394 e. The van der Waals surface area contributed by atoms with E-state index in [1.807, 2.05) is 0 Å². The molecule has 10 nitrogen and oxygen atoms in total. The van der Waals surface area contributed by atoms with Crippen LogP contribution in [-0.2, 0) is 23.7 Å². The van der Waals surface area contributed by atoms with Crippen LogP contribution >= 0.6 is 11.8 Å². The van der Waals surface area contributed by atoms with E-state index in [1.54, 1.807) is 0 Å². The molecule has 0 saturated carbocycles. The maximum Gasteiger partial charge on any atom is 0.217 e. The molecule has 11 heteroatoms. The molecule has 1 heterocycles. The van der Waals surface area contributed by atoms with E-state index in [0.717, 1.165) is 0 Å². The van der Waals surface area contributed by atoms with Gasteiger partial charge in [-0.25, -0.2) is 0 Å². The molecule has 160 valence electrons. The number of nitrogens with two attached hydrogens (primary N) is 1. The quantitative estimate of drug-likeness (QED) is 0.196. The highest BCUT2D eigenvalue weighted by molar-refractivity contribution is 7.99. The van der Waals surface area contributed by atoms with Crippen molar-refractivity contribution >= 4 is 17.7 Å². The van der Waals surface area contributed by atoms with Gasteiger partial charge in [-0.2, -0.15) is 0 Å². The van der Waals surface area contributed by atoms with Gasteiger partial charge in [0.25, 0.3) is 0 Å². The minimum absolute atomic E-state index is 0.341. The monoisotopic (exact) mass is 412 g/mol. The number of aliphatic hydroxyl groups excluding tert-OH is 3. The fraction of sp³-hybridized carbons (Fsp3) is 0.938. The summed E-state index contributed by atoms with van der Waals surface area (Å²) >= 11 is 1.33.